The molecule has 0 aromatic heterocycles. The van der Waals surface area contributed by atoms with E-state index in [0.717, 1.165) is 6.07 Å². The number of carbonyl (C=O) groups excluding carboxylic acids is 1. The predicted octanol–water partition coefficient (Wildman–Crippen LogP) is 4.61. The molecule has 1 unspecified atom stereocenters. The lowest BCUT2D eigenvalue weighted by atomic mass is 10.1. The largest absolute Gasteiger partial charge is 0.458 e. The van der Waals surface area contributed by atoms with Crippen LogP contribution in [0.25, 0.3) is 0 Å². The minimum atomic E-state index is -4.51. The average molecular weight is 368 g/mol. The molecule has 0 bridgehead atoms. The van der Waals surface area contributed by atoms with E-state index in [1.54, 1.807) is 20.8 Å². The fourth-order valence-corrected chi connectivity index (χ4v) is 1.92. The van der Waals surface area contributed by atoms with Crippen LogP contribution in [0.5, 0.6) is 0 Å². The molecule has 0 saturated carbocycles. The second kappa shape index (κ2) is 6.25. The SMILES string of the molecule is CC(Nc1ccc(Br)cc1C(F)(F)F)C(=O)OC(C)(C)C. The van der Waals surface area contributed by atoms with Crippen molar-refractivity contribution < 1.29 is 22.7 Å². The molecule has 0 aliphatic heterocycles. The summed E-state index contributed by atoms with van der Waals surface area (Å²) in [6.07, 6.45) is -4.51. The summed E-state index contributed by atoms with van der Waals surface area (Å²) in [5.41, 5.74) is -1.70. The number of nitrogens with one attached hydrogen (secondary N) is 1. The molecular formula is C14H17BrF3NO2. The van der Waals surface area contributed by atoms with Crippen molar-refractivity contribution >= 4 is 27.6 Å². The molecule has 3 nitrogen and oxygen atoms in total. The minimum absolute atomic E-state index is 0.163. The first-order valence-corrected chi connectivity index (χ1v) is 7.05. The number of ether oxygens (including phenoxy) is 1. The molecule has 0 aliphatic rings. The molecule has 1 N–H and O–H groups in total. The van der Waals surface area contributed by atoms with Gasteiger partial charge in [-0.15, -0.1) is 0 Å². The third kappa shape index (κ3) is 5.57. The number of benzene rings is 1. The second-order valence-electron chi connectivity index (χ2n) is 5.59. The van der Waals surface area contributed by atoms with Gasteiger partial charge in [0.25, 0.3) is 0 Å². The fourth-order valence-electron chi connectivity index (χ4n) is 1.56. The van der Waals surface area contributed by atoms with Crippen LogP contribution in [0.2, 0.25) is 0 Å². The van der Waals surface area contributed by atoms with Gasteiger partial charge >= 0.3 is 12.1 Å². The van der Waals surface area contributed by atoms with E-state index in [2.05, 4.69) is 21.2 Å². The molecule has 1 aromatic carbocycles. The van der Waals surface area contributed by atoms with Crippen LogP contribution >= 0.6 is 15.9 Å². The molecule has 0 radical (unpaired) electrons. The molecule has 1 aromatic rings. The zero-order valence-corrected chi connectivity index (χ0v) is 13.7. The fraction of sp³-hybridized carbons (Fsp3) is 0.500. The molecule has 0 amide bonds. The van der Waals surface area contributed by atoms with Crippen molar-refractivity contribution in [1.29, 1.82) is 0 Å². The maximum absolute atomic E-state index is 13.0. The van der Waals surface area contributed by atoms with E-state index in [9.17, 15) is 18.0 Å². The molecule has 0 saturated heterocycles. The maximum Gasteiger partial charge on any atom is 0.418 e. The molecule has 0 spiro atoms. The predicted molar refractivity (Wildman–Crippen MR) is 78.1 cm³/mol. The Labute approximate surface area is 130 Å². The van der Waals surface area contributed by atoms with Crippen LogP contribution in [-0.4, -0.2) is 17.6 Å². The highest BCUT2D eigenvalue weighted by molar-refractivity contribution is 9.10. The minimum Gasteiger partial charge on any atom is -0.458 e. The number of carbonyl (C=O) groups is 1. The Morgan fingerprint density at radius 3 is 2.33 bits per heavy atom. The lowest BCUT2D eigenvalue weighted by molar-refractivity contribution is -0.155. The number of halogens is 4. The molecule has 0 aliphatic carbocycles. The van der Waals surface area contributed by atoms with E-state index in [1.807, 2.05) is 0 Å². The standard InChI is InChI=1S/C14H17BrF3NO2/c1-8(12(20)21-13(2,3)4)19-11-6-5-9(15)7-10(11)14(16,17)18/h5-8,19H,1-4H3. The van der Waals surface area contributed by atoms with Gasteiger partial charge in [0.2, 0.25) is 0 Å². The van der Waals surface area contributed by atoms with E-state index in [0.29, 0.717) is 4.47 Å². The Bertz CT molecular complexity index is 524. The number of alkyl halides is 3. The van der Waals surface area contributed by atoms with Gasteiger partial charge in [0.15, 0.2) is 0 Å². The summed E-state index contributed by atoms with van der Waals surface area (Å²) in [7, 11) is 0. The molecule has 0 heterocycles. The molecule has 0 fully saturated rings. The first kappa shape index (κ1) is 17.8. The van der Waals surface area contributed by atoms with Crippen LogP contribution in [0, 0.1) is 0 Å². The van der Waals surface area contributed by atoms with Gasteiger partial charge in [-0.3, -0.25) is 0 Å². The van der Waals surface area contributed by atoms with E-state index in [1.165, 1.54) is 19.1 Å². The normalized spacial score (nSPS) is 13.7. The van der Waals surface area contributed by atoms with Gasteiger partial charge in [-0.2, -0.15) is 13.2 Å². The van der Waals surface area contributed by atoms with Gasteiger partial charge in [0, 0.05) is 10.2 Å². The number of esters is 1. The van der Waals surface area contributed by atoms with Crippen LogP contribution in [0.4, 0.5) is 18.9 Å². The molecule has 1 rings (SSSR count). The average Bonchev–Trinajstić information content (AvgIpc) is 2.27. The number of hydrogen-bond acceptors (Lipinski definition) is 3. The van der Waals surface area contributed by atoms with E-state index < -0.39 is 29.4 Å². The zero-order valence-electron chi connectivity index (χ0n) is 12.1. The Morgan fingerprint density at radius 2 is 1.86 bits per heavy atom. The molecule has 7 heteroatoms. The monoisotopic (exact) mass is 367 g/mol. The lowest BCUT2D eigenvalue weighted by Gasteiger charge is -2.24. The zero-order chi connectivity index (χ0) is 16.4. The van der Waals surface area contributed by atoms with Crippen LogP contribution in [0.15, 0.2) is 22.7 Å². The van der Waals surface area contributed by atoms with Gasteiger partial charge in [-0.25, -0.2) is 4.79 Å². The Morgan fingerprint density at radius 1 is 1.29 bits per heavy atom. The van der Waals surface area contributed by atoms with Crippen molar-refractivity contribution in [3.8, 4) is 0 Å². The number of hydrogen-bond donors (Lipinski definition) is 1. The summed E-state index contributed by atoms with van der Waals surface area (Å²) >= 11 is 3.00. The highest BCUT2D eigenvalue weighted by Gasteiger charge is 2.34. The summed E-state index contributed by atoms with van der Waals surface area (Å²) < 4.78 is 44.4. The van der Waals surface area contributed by atoms with E-state index >= 15 is 0 Å². The van der Waals surface area contributed by atoms with Crippen molar-refractivity contribution in [2.24, 2.45) is 0 Å². The lowest BCUT2D eigenvalue weighted by Crippen LogP contribution is -2.35. The van der Waals surface area contributed by atoms with E-state index in [-0.39, 0.29) is 5.69 Å². The summed E-state index contributed by atoms with van der Waals surface area (Å²) in [5, 5.41) is 2.55. The van der Waals surface area contributed by atoms with Crippen LogP contribution in [0.1, 0.15) is 33.3 Å². The third-order valence-corrected chi connectivity index (χ3v) is 2.91. The van der Waals surface area contributed by atoms with Gasteiger partial charge in [0.05, 0.1) is 5.56 Å². The van der Waals surface area contributed by atoms with Crippen LogP contribution < -0.4 is 5.32 Å². The number of rotatable bonds is 3. The Kier molecular flexibility index (Phi) is 5.30. The van der Waals surface area contributed by atoms with Crippen molar-refractivity contribution in [2.45, 2.75) is 45.5 Å². The summed E-state index contributed by atoms with van der Waals surface area (Å²) in [5.74, 6) is -0.612. The Hall–Kier alpha value is -1.24. The second-order valence-corrected chi connectivity index (χ2v) is 6.50. The molecule has 118 valence electrons. The van der Waals surface area contributed by atoms with Gasteiger partial charge < -0.3 is 10.1 Å². The van der Waals surface area contributed by atoms with Crippen molar-refractivity contribution in [3.63, 3.8) is 0 Å². The summed E-state index contributed by atoms with van der Waals surface area (Å²) in [6, 6.07) is 2.81. The smallest absolute Gasteiger partial charge is 0.418 e. The van der Waals surface area contributed by atoms with E-state index in [4.69, 9.17) is 4.74 Å². The molecular weight excluding hydrogens is 351 g/mol. The summed E-state index contributed by atoms with van der Waals surface area (Å²) in [4.78, 5) is 11.8. The maximum atomic E-state index is 13.0. The van der Waals surface area contributed by atoms with Crippen molar-refractivity contribution in [1.82, 2.24) is 0 Å². The molecule has 21 heavy (non-hydrogen) atoms. The van der Waals surface area contributed by atoms with Crippen LogP contribution in [0.3, 0.4) is 0 Å². The third-order valence-electron chi connectivity index (χ3n) is 2.42. The van der Waals surface area contributed by atoms with Gasteiger partial charge in [-0.1, -0.05) is 15.9 Å². The van der Waals surface area contributed by atoms with Crippen molar-refractivity contribution in [3.05, 3.63) is 28.2 Å². The Balaban J connectivity index is 2.95. The summed E-state index contributed by atoms with van der Waals surface area (Å²) in [6.45, 7) is 6.53. The topological polar surface area (TPSA) is 38.3 Å². The first-order chi connectivity index (χ1) is 9.40. The quantitative estimate of drug-likeness (QED) is 0.792. The van der Waals surface area contributed by atoms with Gasteiger partial charge in [-0.05, 0) is 45.9 Å². The van der Waals surface area contributed by atoms with Crippen molar-refractivity contribution in [2.75, 3.05) is 5.32 Å². The number of anilines is 1. The van der Waals surface area contributed by atoms with Crippen LogP contribution in [-0.2, 0) is 15.7 Å². The first-order valence-electron chi connectivity index (χ1n) is 6.26. The molecule has 1 atom stereocenters. The highest BCUT2D eigenvalue weighted by Crippen LogP contribution is 2.36. The van der Waals surface area contributed by atoms with Gasteiger partial charge in [0.1, 0.15) is 11.6 Å². The highest BCUT2D eigenvalue weighted by atomic mass is 79.9.